The average molecular weight is 384 g/mol. The Labute approximate surface area is 163 Å². The van der Waals surface area contributed by atoms with Gasteiger partial charge in [-0.05, 0) is 55.2 Å². The number of aromatic nitrogens is 1. The van der Waals surface area contributed by atoms with Gasteiger partial charge in [0.25, 0.3) is 5.19 Å². The number of hydrogen-bond donors (Lipinski definition) is 1. The van der Waals surface area contributed by atoms with Crippen LogP contribution in [0.1, 0.15) is 50.8 Å². The first-order valence-corrected chi connectivity index (χ1v) is 10.4. The summed E-state index contributed by atoms with van der Waals surface area (Å²) in [5.41, 5.74) is 1.93. The van der Waals surface area contributed by atoms with Crippen molar-refractivity contribution in [1.29, 1.82) is 0 Å². The zero-order chi connectivity index (χ0) is 19.1. The van der Waals surface area contributed by atoms with Gasteiger partial charge in [-0.2, -0.15) is 0 Å². The Balaban J connectivity index is 1.62. The molecule has 0 bridgehead atoms. The van der Waals surface area contributed by atoms with Gasteiger partial charge in [0.1, 0.15) is 5.75 Å². The molecule has 1 aromatic heterocycles. The second-order valence-corrected chi connectivity index (χ2v) is 9.34. The van der Waals surface area contributed by atoms with Crippen molar-refractivity contribution in [3.63, 3.8) is 0 Å². The molecular weight excluding hydrogens is 358 g/mol. The summed E-state index contributed by atoms with van der Waals surface area (Å²) in [5, 5.41) is 10.5. The molecule has 2 aromatic rings. The van der Waals surface area contributed by atoms with E-state index in [1.54, 1.807) is 0 Å². The van der Waals surface area contributed by atoms with Crippen molar-refractivity contribution in [3.05, 3.63) is 52.6 Å². The van der Waals surface area contributed by atoms with E-state index in [0.717, 1.165) is 48.3 Å². The standard InChI is InChI=1S/C22H25NO3S/c1-21(2)10-6-9-17(21)18(22(11-12-22)19(24)25)13-16-14-23-20(27-16)26-15-7-4-3-5-8-15/h3-5,7-8,14H,6,9-13H2,1-2H3,(H,24,25). The summed E-state index contributed by atoms with van der Waals surface area (Å²) in [5.74, 6) is 0.0936. The van der Waals surface area contributed by atoms with Crippen LogP contribution >= 0.6 is 11.3 Å². The maximum Gasteiger partial charge on any atom is 0.313 e. The van der Waals surface area contributed by atoms with Crippen LogP contribution in [-0.4, -0.2) is 16.1 Å². The fraction of sp³-hybridized carbons (Fsp3) is 0.455. The van der Waals surface area contributed by atoms with Crippen molar-refractivity contribution in [2.75, 3.05) is 0 Å². The molecule has 4 nitrogen and oxygen atoms in total. The summed E-state index contributed by atoms with van der Waals surface area (Å²) in [7, 11) is 0. The normalized spacial score (nSPS) is 21.7. The van der Waals surface area contributed by atoms with Crippen molar-refractivity contribution in [1.82, 2.24) is 4.98 Å². The number of ether oxygens (including phenoxy) is 1. The van der Waals surface area contributed by atoms with Gasteiger partial charge in [0, 0.05) is 17.5 Å². The summed E-state index contributed by atoms with van der Waals surface area (Å²) in [6.07, 6.45) is 7.31. The monoisotopic (exact) mass is 383 g/mol. The SMILES string of the molecule is CC1(C)CCCC1=C(Cc1cnc(Oc2ccccc2)s1)C1(C(=O)O)CC1. The number of carboxylic acid groups (broad SMARTS) is 1. The molecule has 1 heterocycles. The predicted octanol–water partition coefficient (Wildman–Crippen LogP) is 5.85. The van der Waals surface area contributed by atoms with E-state index in [0.29, 0.717) is 11.6 Å². The highest BCUT2D eigenvalue weighted by Gasteiger charge is 2.55. The molecule has 0 amide bonds. The maximum absolute atomic E-state index is 12.1. The van der Waals surface area contributed by atoms with Crippen molar-refractivity contribution in [2.24, 2.45) is 10.8 Å². The van der Waals surface area contributed by atoms with Gasteiger partial charge in [0.2, 0.25) is 0 Å². The van der Waals surface area contributed by atoms with Gasteiger partial charge in [-0.25, -0.2) is 4.98 Å². The number of rotatable bonds is 6. The minimum Gasteiger partial charge on any atom is -0.481 e. The second-order valence-electron chi connectivity index (χ2n) is 8.27. The minimum atomic E-state index is -0.669. The van der Waals surface area contributed by atoms with Crippen LogP contribution in [0.15, 0.2) is 47.7 Å². The minimum absolute atomic E-state index is 0.0917. The Bertz CT molecular complexity index is 878. The largest absolute Gasteiger partial charge is 0.481 e. The Kier molecular flexibility index (Phi) is 4.58. The van der Waals surface area contributed by atoms with E-state index < -0.39 is 11.4 Å². The van der Waals surface area contributed by atoms with Crippen LogP contribution in [0.4, 0.5) is 0 Å². The molecule has 0 radical (unpaired) electrons. The van der Waals surface area contributed by atoms with Crippen LogP contribution < -0.4 is 4.74 Å². The summed E-state index contributed by atoms with van der Waals surface area (Å²) in [4.78, 5) is 17.5. The molecule has 4 rings (SSSR count). The molecule has 2 fully saturated rings. The molecule has 0 spiro atoms. The Morgan fingerprint density at radius 3 is 2.56 bits per heavy atom. The van der Waals surface area contributed by atoms with Gasteiger partial charge in [0.05, 0.1) is 5.41 Å². The zero-order valence-corrected chi connectivity index (χ0v) is 16.6. The van der Waals surface area contributed by atoms with Gasteiger partial charge < -0.3 is 9.84 Å². The summed E-state index contributed by atoms with van der Waals surface area (Å²) >= 11 is 1.51. The number of nitrogens with zero attached hydrogens (tertiary/aromatic N) is 1. The van der Waals surface area contributed by atoms with Crippen LogP contribution in [0, 0.1) is 10.8 Å². The third-order valence-electron chi connectivity index (χ3n) is 5.98. The second kappa shape index (κ2) is 6.79. The van der Waals surface area contributed by atoms with Gasteiger partial charge >= 0.3 is 5.97 Å². The summed E-state index contributed by atoms with van der Waals surface area (Å²) < 4.78 is 5.83. The predicted molar refractivity (Wildman–Crippen MR) is 106 cm³/mol. The topological polar surface area (TPSA) is 59.4 Å². The molecule has 5 heteroatoms. The molecule has 2 saturated carbocycles. The highest BCUT2D eigenvalue weighted by Crippen LogP contribution is 2.58. The van der Waals surface area contributed by atoms with Gasteiger partial charge in [-0.1, -0.05) is 49.0 Å². The lowest BCUT2D eigenvalue weighted by Gasteiger charge is -2.27. The fourth-order valence-corrected chi connectivity index (χ4v) is 5.06. The summed E-state index contributed by atoms with van der Waals surface area (Å²) in [6, 6.07) is 9.61. The number of benzene rings is 1. The molecule has 27 heavy (non-hydrogen) atoms. The van der Waals surface area contributed by atoms with E-state index in [4.69, 9.17) is 4.74 Å². The van der Waals surface area contributed by atoms with Gasteiger partial charge in [0.15, 0.2) is 0 Å². The first kappa shape index (κ1) is 18.2. The van der Waals surface area contributed by atoms with E-state index in [2.05, 4.69) is 18.8 Å². The third kappa shape index (κ3) is 3.53. The molecule has 0 atom stereocenters. The van der Waals surface area contributed by atoms with E-state index in [9.17, 15) is 9.90 Å². The zero-order valence-electron chi connectivity index (χ0n) is 15.8. The molecular formula is C22H25NO3S. The van der Waals surface area contributed by atoms with E-state index in [1.165, 1.54) is 16.9 Å². The molecule has 1 N–H and O–H groups in total. The quantitative estimate of drug-likeness (QED) is 0.636. The van der Waals surface area contributed by atoms with Crippen LogP contribution in [-0.2, 0) is 11.2 Å². The number of carbonyl (C=O) groups is 1. The van der Waals surface area contributed by atoms with Crippen LogP contribution in [0.5, 0.6) is 10.9 Å². The Morgan fingerprint density at radius 1 is 1.22 bits per heavy atom. The number of para-hydroxylation sites is 1. The molecule has 0 saturated heterocycles. The van der Waals surface area contributed by atoms with E-state index >= 15 is 0 Å². The number of thiazole rings is 1. The number of hydrogen-bond acceptors (Lipinski definition) is 4. The molecule has 142 valence electrons. The lowest BCUT2D eigenvalue weighted by Crippen LogP contribution is -2.23. The average Bonchev–Trinajstić information content (AvgIpc) is 3.21. The van der Waals surface area contributed by atoms with Crippen LogP contribution in [0.25, 0.3) is 0 Å². The fourth-order valence-electron chi connectivity index (χ4n) is 4.27. The first-order valence-electron chi connectivity index (χ1n) is 9.55. The number of carboxylic acids is 1. The van der Waals surface area contributed by atoms with E-state index in [1.807, 2.05) is 36.5 Å². The molecule has 0 unspecified atom stereocenters. The molecule has 1 aromatic carbocycles. The number of aliphatic carboxylic acids is 1. The molecule has 2 aliphatic rings. The molecule has 2 aliphatic carbocycles. The van der Waals surface area contributed by atoms with E-state index in [-0.39, 0.29) is 5.41 Å². The Hall–Kier alpha value is -2.14. The maximum atomic E-state index is 12.1. The van der Waals surface area contributed by atoms with Gasteiger partial charge in [-0.3, -0.25) is 4.79 Å². The highest BCUT2D eigenvalue weighted by atomic mass is 32.1. The third-order valence-corrected chi connectivity index (χ3v) is 6.85. The Morgan fingerprint density at radius 2 is 1.96 bits per heavy atom. The van der Waals surface area contributed by atoms with Crippen LogP contribution in [0.2, 0.25) is 0 Å². The van der Waals surface area contributed by atoms with Gasteiger partial charge in [-0.15, -0.1) is 0 Å². The smallest absolute Gasteiger partial charge is 0.313 e. The highest BCUT2D eigenvalue weighted by molar-refractivity contribution is 7.13. The lowest BCUT2D eigenvalue weighted by atomic mass is 9.78. The van der Waals surface area contributed by atoms with Crippen molar-refractivity contribution in [2.45, 2.75) is 52.4 Å². The van der Waals surface area contributed by atoms with Crippen LogP contribution in [0.3, 0.4) is 0 Å². The van der Waals surface area contributed by atoms with Crippen molar-refractivity contribution < 1.29 is 14.6 Å². The first-order chi connectivity index (χ1) is 12.9. The molecule has 0 aliphatic heterocycles. The van der Waals surface area contributed by atoms with Crippen molar-refractivity contribution >= 4 is 17.3 Å². The summed E-state index contributed by atoms with van der Waals surface area (Å²) in [6.45, 7) is 4.51. The number of allylic oxidation sites excluding steroid dienone is 1. The van der Waals surface area contributed by atoms with Crippen molar-refractivity contribution in [3.8, 4) is 10.9 Å². The lowest BCUT2D eigenvalue weighted by molar-refractivity contribution is -0.141.